The van der Waals surface area contributed by atoms with E-state index in [4.69, 9.17) is 0 Å². The molecule has 9 nitrogen and oxygen atoms in total. The molecule has 0 bridgehead atoms. The minimum Gasteiger partial charge on any atom is -0.339 e. The van der Waals surface area contributed by atoms with Gasteiger partial charge >= 0.3 is 0 Å². The van der Waals surface area contributed by atoms with Crippen molar-refractivity contribution in [3.05, 3.63) is 54.7 Å². The second-order valence-electron chi connectivity index (χ2n) is 5.94. The first-order valence-corrected chi connectivity index (χ1v) is 8.47. The zero-order valence-electron chi connectivity index (χ0n) is 15.4. The molecule has 0 saturated carbocycles. The number of amides is 2. The number of hydrogen-bond acceptors (Lipinski definition) is 7. The van der Waals surface area contributed by atoms with Gasteiger partial charge in [0, 0.05) is 36.6 Å². The Kier molecular flexibility index (Phi) is 5.75. The molecule has 2 aromatic carbocycles. The Morgan fingerprint density at radius 3 is 2.14 bits per heavy atom. The molecule has 28 heavy (non-hydrogen) atoms. The molecule has 142 valence electrons. The predicted octanol–water partition coefficient (Wildman–Crippen LogP) is 3.28. The first kappa shape index (κ1) is 18.8. The van der Waals surface area contributed by atoms with Crippen LogP contribution in [0.15, 0.2) is 54.7 Å². The van der Waals surface area contributed by atoms with Gasteiger partial charge < -0.3 is 21.3 Å². The molecule has 0 aliphatic carbocycles. The number of aromatic nitrogens is 3. The van der Waals surface area contributed by atoms with Gasteiger partial charge in [0.1, 0.15) is 0 Å². The van der Waals surface area contributed by atoms with E-state index in [1.54, 1.807) is 30.3 Å². The van der Waals surface area contributed by atoms with Crippen LogP contribution in [0.1, 0.15) is 13.8 Å². The van der Waals surface area contributed by atoms with E-state index in [0.717, 1.165) is 5.69 Å². The number of hydrogen-bond donors (Lipinski definition) is 4. The minimum absolute atomic E-state index is 0.126. The van der Waals surface area contributed by atoms with Gasteiger partial charge in [0.25, 0.3) is 0 Å². The number of anilines is 6. The molecule has 0 aliphatic rings. The molecule has 1 aromatic heterocycles. The Hall–Kier alpha value is -4.01. The third kappa shape index (κ3) is 5.49. The standard InChI is InChI=1S/C19H19N7O2/c1-12(27)21-14-6-8-15(9-7-14)23-18-11-20-26-19(25-18)24-17-5-3-4-16(10-17)22-13(2)28/h3-11H,1-2H3,(H,21,27)(H,22,28)(H2,23,24,25,26). The first-order valence-electron chi connectivity index (χ1n) is 8.47. The van der Waals surface area contributed by atoms with Crippen molar-refractivity contribution in [1.82, 2.24) is 15.2 Å². The average Bonchev–Trinajstić information content (AvgIpc) is 2.63. The highest BCUT2D eigenvalue weighted by molar-refractivity contribution is 5.89. The van der Waals surface area contributed by atoms with E-state index in [0.29, 0.717) is 28.8 Å². The first-order chi connectivity index (χ1) is 13.5. The Bertz CT molecular complexity index is 990. The summed E-state index contributed by atoms with van der Waals surface area (Å²) in [5.74, 6) is 0.535. The van der Waals surface area contributed by atoms with Crippen molar-refractivity contribution in [2.24, 2.45) is 0 Å². The molecule has 0 spiro atoms. The molecule has 2 amide bonds. The topological polar surface area (TPSA) is 121 Å². The van der Waals surface area contributed by atoms with Crippen molar-refractivity contribution in [1.29, 1.82) is 0 Å². The van der Waals surface area contributed by atoms with Gasteiger partial charge in [0.15, 0.2) is 5.82 Å². The van der Waals surface area contributed by atoms with E-state index in [9.17, 15) is 9.59 Å². The maximum Gasteiger partial charge on any atom is 0.249 e. The largest absolute Gasteiger partial charge is 0.339 e. The zero-order valence-corrected chi connectivity index (χ0v) is 15.4. The number of benzene rings is 2. The molecule has 0 aliphatic heterocycles. The summed E-state index contributed by atoms with van der Waals surface area (Å²) in [6.07, 6.45) is 1.50. The van der Waals surface area contributed by atoms with Gasteiger partial charge in [0.05, 0.1) is 6.20 Å². The van der Waals surface area contributed by atoms with E-state index in [2.05, 4.69) is 36.4 Å². The lowest BCUT2D eigenvalue weighted by Crippen LogP contribution is -2.06. The molecule has 3 aromatic rings. The van der Waals surface area contributed by atoms with E-state index < -0.39 is 0 Å². The monoisotopic (exact) mass is 377 g/mol. The van der Waals surface area contributed by atoms with Crippen LogP contribution in [-0.2, 0) is 9.59 Å². The second kappa shape index (κ2) is 8.58. The molecule has 3 rings (SSSR count). The van der Waals surface area contributed by atoms with Crippen LogP contribution in [0.5, 0.6) is 0 Å². The lowest BCUT2D eigenvalue weighted by molar-refractivity contribution is -0.115. The van der Waals surface area contributed by atoms with Crippen LogP contribution >= 0.6 is 0 Å². The van der Waals surface area contributed by atoms with Crippen LogP contribution in [0.4, 0.5) is 34.5 Å². The van der Waals surface area contributed by atoms with Crippen LogP contribution in [0, 0.1) is 0 Å². The van der Waals surface area contributed by atoms with Crippen LogP contribution < -0.4 is 21.3 Å². The fraction of sp³-hybridized carbons (Fsp3) is 0.105. The van der Waals surface area contributed by atoms with Crippen LogP contribution in [0.3, 0.4) is 0 Å². The molecule has 0 fully saturated rings. The van der Waals surface area contributed by atoms with Crippen molar-refractivity contribution in [2.45, 2.75) is 13.8 Å². The molecule has 0 saturated heterocycles. The molecule has 4 N–H and O–H groups in total. The van der Waals surface area contributed by atoms with E-state index in [1.165, 1.54) is 20.0 Å². The lowest BCUT2D eigenvalue weighted by atomic mass is 10.2. The molecule has 0 unspecified atom stereocenters. The van der Waals surface area contributed by atoms with Crippen LogP contribution in [0.2, 0.25) is 0 Å². The maximum atomic E-state index is 11.2. The smallest absolute Gasteiger partial charge is 0.249 e. The number of nitrogens with one attached hydrogen (secondary N) is 4. The summed E-state index contributed by atoms with van der Waals surface area (Å²) in [6.45, 7) is 2.91. The third-order valence-corrected chi connectivity index (χ3v) is 3.48. The van der Waals surface area contributed by atoms with Gasteiger partial charge in [-0.3, -0.25) is 9.59 Å². The highest BCUT2D eigenvalue weighted by atomic mass is 16.2. The number of nitrogens with zero attached hydrogens (tertiary/aromatic N) is 3. The summed E-state index contributed by atoms with van der Waals surface area (Å²) in [5.41, 5.74) is 2.87. The number of carbonyl (C=O) groups is 2. The number of carbonyl (C=O) groups excluding carboxylic acids is 2. The Balaban J connectivity index is 1.69. The van der Waals surface area contributed by atoms with Gasteiger partial charge in [0.2, 0.25) is 17.8 Å². The average molecular weight is 377 g/mol. The molecular formula is C19H19N7O2. The summed E-state index contributed by atoms with van der Waals surface area (Å²) in [6, 6.07) is 14.4. The molecular weight excluding hydrogens is 358 g/mol. The van der Waals surface area contributed by atoms with Gasteiger partial charge in [-0.1, -0.05) is 6.07 Å². The predicted molar refractivity (Wildman–Crippen MR) is 108 cm³/mol. The SMILES string of the molecule is CC(=O)Nc1ccc(Nc2cnnc(Nc3cccc(NC(C)=O)c3)n2)cc1. The summed E-state index contributed by atoms with van der Waals surface area (Å²) in [5, 5.41) is 19.5. The van der Waals surface area contributed by atoms with E-state index >= 15 is 0 Å². The van der Waals surface area contributed by atoms with Crippen molar-refractivity contribution < 1.29 is 9.59 Å². The van der Waals surface area contributed by atoms with Gasteiger partial charge in [-0.15, -0.1) is 5.10 Å². The quantitative estimate of drug-likeness (QED) is 0.520. The van der Waals surface area contributed by atoms with Gasteiger partial charge in [-0.2, -0.15) is 10.1 Å². The zero-order chi connectivity index (χ0) is 19.9. The van der Waals surface area contributed by atoms with Crippen molar-refractivity contribution in [3.63, 3.8) is 0 Å². The van der Waals surface area contributed by atoms with Crippen molar-refractivity contribution in [3.8, 4) is 0 Å². The minimum atomic E-state index is -0.147. The Morgan fingerprint density at radius 1 is 0.786 bits per heavy atom. The summed E-state index contributed by atoms with van der Waals surface area (Å²) in [4.78, 5) is 26.6. The van der Waals surface area contributed by atoms with E-state index in [1.807, 2.05) is 18.2 Å². The molecule has 1 heterocycles. The molecule has 9 heteroatoms. The normalized spacial score (nSPS) is 10.1. The lowest BCUT2D eigenvalue weighted by Gasteiger charge is -2.09. The van der Waals surface area contributed by atoms with Crippen molar-refractivity contribution >= 4 is 46.3 Å². The van der Waals surface area contributed by atoms with Crippen LogP contribution in [-0.4, -0.2) is 27.0 Å². The van der Waals surface area contributed by atoms with Gasteiger partial charge in [-0.05, 0) is 42.5 Å². The Morgan fingerprint density at radius 2 is 1.43 bits per heavy atom. The highest BCUT2D eigenvalue weighted by Crippen LogP contribution is 2.20. The molecule has 0 radical (unpaired) electrons. The summed E-state index contributed by atoms with van der Waals surface area (Å²) < 4.78 is 0. The highest BCUT2D eigenvalue weighted by Gasteiger charge is 2.04. The summed E-state index contributed by atoms with van der Waals surface area (Å²) >= 11 is 0. The summed E-state index contributed by atoms with van der Waals surface area (Å²) in [7, 11) is 0. The fourth-order valence-electron chi connectivity index (χ4n) is 2.41. The number of rotatable bonds is 6. The van der Waals surface area contributed by atoms with Gasteiger partial charge in [-0.25, -0.2) is 0 Å². The van der Waals surface area contributed by atoms with E-state index in [-0.39, 0.29) is 11.8 Å². The second-order valence-corrected chi connectivity index (χ2v) is 5.94. The molecule has 0 atom stereocenters. The van der Waals surface area contributed by atoms with Crippen LogP contribution in [0.25, 0.3) is 0 Å². The van der Waals surface area contributed by atoms with Crippen molar-refractivity contribution in [2.75, 3.05) is 21.3 Å². The fourth-order valence-corrected chi connectivity index (χ4v) is 2.41. The maximum absolute atomic E-state index is 11.2. The Labute approximate surface area is 161 Å². The third-order valence-electron chi connectivity index (χ3n) is 3.48.